The van der Waals surface area contributed by atoms with Crippen molar-refractivity contribution < 1.29 is 18.8 Å². The van der Waals surface area contributed by atoms with Gasteiger partial charge < -0.3 is 19.5 Å². The van der Waals surface area contributed by atoms with Gasteiger partial charge in [0.1, 0.15) is 5.75 Å². The molecule has 1 fully saturated rings. The lowest BCUT2D eigenvalue weighted by atomic mass is 10.1. The van der Waals surface area contributed by atoms with Crippen molar-refractivity contribution in [2.45, 2.75) is 13.3 Å². The summed E-state index contributed by atoms with van der Waals surface area (Å²) in [6.07, 6.45) is 0.157. The van der Waals surface area contributed by atoms with E-state index in [9.17, 15) is 9.59 Å². The Labute approximate surface area is 202 Å². The molecule has 0 radical (unpaired) electrons. The number of carbonyl (C=O) groups is 2. The van der Waals surface area contributed by atoms with E-state index < -0.39 is 5.92 Å². The molecule has 2 amide bonds. The van der Waals surface area contributed by atoms with Crippen LogP contribution >= 0.6 is 0 Å². The lowest BCUT2D eigenvalue weighted by Crippen LogP contribution is -2.28. The quantitative estimate of drug-likeness (QED) is 0.440. The van der Waals surface area contributed by atoms with E-state index in [1.807, 2.05) is 67.6 Å². The molecule has 0 unspecified atom stereocenters. The fraction of sp³-hybridized carbons (Fsp3) is 0.185. The van der Waals surface area contributed by atoms with Gasteiger partial charge >= 0.3 is 0 Å². The summed E-state index contributed by atoms with van der Waals surface area (Å²) >= 11 is 0. The van der Waals surface area contributed by atoms with Gasteiger partial charge in [0, 0.05) is 24.2 Å². The Morgan fingerprint density at radius 2 is 1.80 bits per heavy atom. The SMILES string of the molecule is COc1ccc(-c2noc(-c3ccccc3NC(=O)[C@@H]3CC(=O)N(c4ccccc4C)C3)n2)cc1. The van der Waals surface area contributed by atoms with E-state index in [0.717, 1.165) is 22.6 Å². The van der Waals surface area contributed by atoms with Crippen LogP contribution in [0.2, 0.25) is 0 Å². The highest BCUT2D eigenvalue weighted by Gasteiger charge is 2.36. The number of aryl methyl sites for hydroxylation is 1. The number of hydrogen-bond acceptors (Lipinski definition) is 6. The molecule has 1 saturated heterocycles. The molecule has 0 spiro atoms. The molecule has 0 bridgehead atoms. The Balaban J connectivity index is 1.34. The van der Waals surface area contributed by atoms with E-state index in [1.54, 1.807) is 24.1 Å². The number of carbonyl (C=O) groups excluding carboxylic acids is 2. The zero-order valence-corrected chi connectivity index (χ0v) is 19.4. The van der Waals surface area contributed by atoms with Crippen molar-refractivity contribution in [3.05, 3.63) is 78.4 Å². The molecule has 3 aromatic carbocycles. The molecular weight excluding hydrogens is 444 g/mol. The molecule has 1 atom stereocenters. The highest BCUT2D eigenvalue weighted by atomic mass is 16.5. The van der Waals surface area contributed by atoms with Crippen molar-refractivity contribution in [2.24, 2.45) is 5.92 Å². The molecule has 5 rings (SSSR count). The fourth-order valence-corrected chi connectivity index (χ4v) is 4.19. The van der Waals surface area contributed by atoms with Gasteiger partial charge in [0.15, 0.2) is 0 Å². The van der Waals surface area contributed by atoms with Crippen molar-refractivity contribution >= 4 is 23.2 Å². The third-order valence-corrected chi connectivity index (χ3v) is 6.09. The molecule has 2 heterocycles. The lowest BCUT2D eigenvalue weighted by Gasteiger charge is -2.19. The highest BCUT2D eigenvalue weighted by Crippen LogP contribution is 2.32. The molecule has 0 aliphatic carbocycles. The van der Waals surface area contributed by atoms with Gasteiger partial charge in [0.05, 0.1) is 24.3 Å². The molecule has 1 aromatic heterocycles. The molecule has 8 nitrogen and oxygen atoms in total. The third kappa shape index (κ3) is 4.50. The first-order valence-corrected chi connectivity index (χ1v) is 11.3. The summed E-state index contributed by atoms with van der Waals surface area (Å²) in [6, 6.07) is 22.3. The van der Waals surface area contributed by atoms with E-state index in [2.05, 4.69) is 15.5 Å². The summed E-state index contributed by atoms with van der Waals surface area (Å²) in [5, 5.41) is 7.05. The average molecular weight is 469 g/mol. The molecule has 4 aromatic rings. The Morgan fingerprint density at radius 1 is 1.06 bits per heavy atom. The largest absolute Gasteiger partial charge is 0.497 e. The van der Waals surface area contributed by atoms with Gasteiger partial charge in [-0.05, 0) is 55.0 Å². The number of para-hydroxylation sites is 2. The molecule has 8 heteroatoms. The number of benzene rings is 3. The zero-order chi connectivity index (χ0) is 24.4. The molecular formula is C27H24N4O4. The van der Waals surface area contributed by atoms with E-state index in [4.69, 9.17) is 9.26 Å². The maximum atomic E-state index is 13.1. The van der Waals surface area contributed by atoms with Gasteiger partial charge in [-0.15, -0.1) is 0 Å². The van der Waals surface area contributed by atoms with Gasteiger partial charge in [-0.1, -0.05) is 35.5 Å². The first-order chi connectivity index (χ1) is 17.0. The lowest BCUT2D eigenvalue weighted by molar-refractivity contribution is -0.122. The van der Waals surface area contributed by atoms with Crippen LogP contribution in [0, 0.1) is 12.8 Å². The summed E-state index contributed by atoms with van der Waals surface area (Å²) < 4.78 is 10.7. The third-order valence-electron chi connectivity index (χ3n) is 6.09. The molecule has 0 saturated carbocycles. The van der Waals surface area contributed by atoms with Crippen LogP contribution in [-0.2, 0) is 9.59 Å². The highest BCUT2D eigenvalue weighted by molar-refractivity contribution is 6.04. The molecule has 1 aliphatic rings. The summed E-state index contributed by atoms with van der Waals surface area (Å²) in [4.78, 5) is 32.0. The summed E-state index contributed by atoms with van der Waals surface area (Å²) in [7, 11) is 1.61. The maximum Gasteiger partial charge on any atom is 0.260 e. The van der Waals surface area contributed by atoms with Crippen LogP contribution in [0.3, 0.4) is 0 Å². The Hall–Kier alpha value is -4.46. The Morgan fingerprint density at radius 3 is 2.57 bits per heavy atom. The van der Waals surface area contributed by atoms with Crippen LogP contribution in [0.25, 0.3) is 22.8 Å². The van der Waals surface area contributed by atoms with Crippen LogP contribution in [0.1, 0.15) is 12.0 Å². The second-order valence-corrected chi connectivity index (χ2v) is 8.38. The number of methoxy groups -OCH3 is 1. The normalized spacial score (nSPS) is 15.3. The number of anilines is 2. The summed E-state index contributed by atoms with van der Waals surface area (Å²) in [6.45, 7) is 2.29. The Kier molecular flexibility index (Phi) is 6.01. The van der Waals surface area contributed by atoms with Gasteiger partial charge in [-0.2, -0.15) is 4.98 Å². The number of nitrogens with one attached hydrogen (secondary N) is 1. The number of hydrogen-bond donors (Lipinski definition) is 1. The van der Waals surface area contributed by atoms with Crippen molar-refractivity contribution in [3.63, 3.8) is 0 Å². The summed E-state index contributed by atoms with van der Waals surface area (Å²) in [5.74, 6) is 0.699. The van der Waals surface area contributed by atoms with E-state index in [0.29, 0.717) is 23.6 Å². The maximum absolute atomic E-state index is 13.1. The first-order valence-electron chi connectivity index (χ1n) is 11.3. The molecule has 35 heavy (non-hydrogen) atoms. The van der Waals surface area contributed by atoms with Crippen LogP contribution < -0.4 is 15.0 Å². The van der Waals surface area contributed by atoms with Crippen LogP contribution in [-0.4, -0.2) is 35.6 Å². The second kappa shape index (κ2) is 9.42. The minimum atomic E-state index is -0.465. The monoisotopic (exact) mass is 468 g/mol. The van der Waals surface area contributed by atoms with Crippen LogP contribution in [0.5, 0.6) is 5.75 Å². The molecule has 1 aliphatic heterocycles. The van der Waals surface area contributed by atoms with Crippen LogP contribution in [0.15, 0.2) is 77.3 Å². The summed E-state index contributed by atoms with van der Waals surface area (Å²) in [5.41, 5.74) is 3.77. The predicted octanol–water partition coefficient (Wildman–Crippen LogP) is 4.71. The average Bonchev–Trinajstić information content (AvgIpc) is 3.52. The second-order valence-electron chi connectivity index (χ2n) is 8.38. The number of rotatable bonds is 6. The van der Waals surface area contributed by atoms with Crippen molar-refractivity contribution in [1.29, 1.82) is 0 Å². The van der Waals surface area contributed by atoms with Gasteiger partial charge in [0.25, 0.3) is 5.89 Å². The topological polar surface area (TPSA) is 97.6 Å². The van der Waals surface area contributed by atoms with Crippen LogP contribution in [0.4, 0.5) is 11.4 Å². The smallest absolute Gasteiger partial charge is 0.260 e. The fourth-order valence-electron chi connectivity index (χ4n) is 4.19. The Bertz CT molecular complexity index is 1380. The number of nitrogens with zero attached hydrogens (tertiary/aromatic N) is 3. The van der Waals surface area contributed by atoms with E-state index in [-0.39, 0.29) is 24.1 Å². The molecule has 176 valence electrons. The zero-order valence-electron chi connectivity index (χ0n) is 19.4. The van der Waals surface area contributed by atoms with Crippen molar-refractivity contribution in [2.75, 3.05) is 23.9 Å². The van der Waals surface area contributed by atoms with Crippen molar-refractivity contribution in [1.82, 2.24) is 10.1 Å². The van der Waals surface area contributed by atoms with E-state index in [1.165, 1.54) is 0 Å². The number of amides is 2. The van der Waals surface area contributed by atoms with Gasteiger partial charge in [-0.3, -0.25) is 9.59 Å². The van der Waals surface area contributed by atoms with Gasteiger partial charge in [0.2, 0.25) is 17.6 Å². The number of ether oxygens (including phenoxy) is 1. The van der Waals surface area contributed by atoms with E-state index >= 15 is 0 Å². The first kappa shape index (κ1) is 22.3. The standard InChI is InChI=1S/C27H24N4O4/c1-17-7-3-6-10-23(17)31-16-19(15-24(31)32)26(33)28-22-9-5-4-8-21(22)27-29-25(30-35-27)18-11-13-20(34-2)14-12-18/h3-14,19H,15-16H2,1-2H3,(H,28,33)/t19-/m1/s1. The van der Waals surface area contributed by atoms with Crippen molar-refractivity contribution in [3.8, 4) is 28.6 Å². The predicted molar refractivity (Wildman–Crippen MR) is 132 cm³/mol. The minimum Gasteiger partial charge on any atom is -0.497 e. The molecule has 1 N–H and O–H groups in total. The number of aromatic nitrogens is 2. The van der Waals surface area contributed by atoms with Gasteiger partial charge in [-0.25, -0.2) is 0 Å². The minimum absolute atomic E-state index is 0.0613.